The first-order valence-corrected chi connectivity index (χ1v) is 3.57. The number of allylic oxidation sites excluding steroid dienone is 1. The van der Waals surface area contributed by atoms with E-state index in [1.165, 1.54) is 0 Å². The minimum absolute atomic E-state index is 0.314. The van der Waals surface area contributed by atoms with E-state index in [0.717, 1.165) is 6.08 Å². The fourth-order valence-electron chi connectivity index (χ4n) is 0.784. The van der Waals surface area contributed by atoms with E-state index in [4.69, 9.17) is 10.2 Å². The van der Waals surface area contributed by atoms with Gasteiger partial charge in [-0.25, -0.2) is 0 Å². The highest BCUT2D eigenvalue weighted by molar-refractivity contribution is 5.92. The molecule has 0 aromatic heterocycles. The highest BCUT2D eigenvalue weighted by Crippen LogP contribution is 2.09. The van der Waals surface area contributed by atoms with Crippen LogP contribution in [0.25, 0.3) is 0 Å². The van der Waals surface area contributed by atoms with Gasteiger partial charge >= 0.3 is 11.9 Å². The van der Waals surface area contributed by atoms with Gasteiger partial charge in [0.05, 0.1) is 12.3 Å². The van der Waals surface area contributed by atoms with Crippen molar-refractivity contribution in [2.45, 2.75) is 12.8 Å². The Hall–Kier alpha value is -1.65. The summed E-state index contributed by atoms with van der Waals surface area (Å²) in [6.07, 6.45) is 0.123. The number of carboxylic acid groups (broad SMARTS) is 2. The third-order valence-corrected chi connectivity index (χ3v) is 1.45. The lowest BCUT2D eigenvalue weighted by atomic mass is 9.99. The molecule has 0 aliphatic rings. The average Bonchev–Trinajstić information content (AvgIpc) is 2.02. The summed E-state index contributed by atoms with van der Waals surface area (Å²) in [5.41, 5.74) is 0. The van der Waals surface area contributed by atoms with Gasteiger partial charge in [-0.2, -0.15) is 0 Å². The smallest absolute Gasteiger partial charge is 0.307 e. The second-order valence-electron chi connectivity index (χ2n) is 2.51. The molecule has 0 saturated carbocycles. The second-order valence-corrected chi connectivity index (χ2v) is 2.51. The van der Waals surface area contributed by atoms with Crippen molar-refractivity contribution in [3.8, 4) is 0 Å². The van der Waals surface area contributed by atoms with Crippen molar-refractivity contribution in [1.29, 1.82) is 0 Å². The third kappa shape index (κ3) is 4.73. The molecule has 5 nitrogen and oxygen atoms in total. The van der Waals surface area contributed by atoms with Gasteiger partial charge in [-0.3, -0.25) is 14.4 Å². The van der Waals surface area contributed by atoms with Gasteiger partial charge in [0, 0.05) is 6.42 Å². The molecule has 0 aromatic carbocycles. The van der Waals surface area contributed by atoms with E-state index in [2.05, 4.69) is 6.58 Å². The number of carboxylic acids is 2. The number of carbonyl (C=O) groups is 3. The molecule has 0 amide bonds. The largest absolute Gasteiger partial charge is 0.481 e. The molecule has 1 unspecified atom stereocenters. The molecule has 13 heavy (non-hydrogen) atoms. The van der Waals surface area contributed by atoms with Crippen LogP contribution in [0.1, 0.15) is 12.8 Å². The number of aliphatic carboxylic acids is 2. The number of rotatable bonds is 6. The molecule has 0 aliphatic carbocycles. The zero-order valence-electron chi connectivity index (χ0n) is 6.90. The van der Waals surface area contributed by atoms with Crippen molar-refractivity contribution in [3.63, 3.8) is 0 Å². The molecule has 1 atom stereocenters. The van der Waals surface area contributed by atoms with Crippen molar-refractivity contribution in [2.24, 2.45) is 5.92 Å². The van der Waals surface area contributed by atoms with Crippen LogP contribution < -0.4 is 0 Å². The van der Waals surface area contributed by atoms with Crippen LogP contribution in [0.15, 0.2) is 12.7 Å². The maximum atomic E-state index is 10.7. The molecular weight excluding hydrogens is 176 g/mol. The van der Waals surface area contributed by atoms with Gasteiger partial charge in [-0.15, -0.1) is 0 Å². The molecule has 0 bridgehead atoms. The number of ketones is 1. The van der Waals surface area contributed by atoms with Crippen molar-refractivity contribution in [1.82, 2.24) is 0 Å². The lowest BCUT2D eigenvalue weighted by Crippen LogP contribution is -2.20. The van der Waals surface area contributed by atoms with Gasteiger partial charge in [0.15, 0.2) is 5.78 Å². The minimum Gasteiger partial charge on any atom is -0.481 e. The van der Waals surface area contributed by atoms with Gasteiger partial charge in [-0.1, -0.05) is 6.58 Å². The summed E-state index contributed by atoms with van der Waals surface area (Å²) in [4.78, 5) is 31.4. The molecule has 72 valence electrons. The maximum absolute atomic E-state index is 10.7. The van der Waals surface area contributed by atoms with Gasteiger partial charge in [0.2, 0.25) is 0 Å². The van der Waals surface area contributed by atoms with Crippen molar-refractivity contribution < 1.29 is 24.6 Å². The fourth-order valence-corrected chi connectivity index (χ4v) is 0.784. The molecular formula is C8H10O5. The predicted octanol–water partition coefficient (Wildman–Crippen LogP) is 0.307. The molecule has 0 aromatic rings. The summed E-state index contributed by atoms with van der Waals surface area (Å²) in [6.45, 7) is 3.16. The van der Waals surface area contributed by atoms with Gasteiger partial charge in [-0.05, 0) is 6.08 Å². The summed E-state index contributed by atoms with van der Waals surface area (Å²) in [5, 5.41) is 16.8. The molecule has 0 spiro atoms. The van der Waals surface area contributed by atoms with Crippen LogP contribution >= 0.6 is 0 Å². The standard InChI is InChI=1S/C8H10O5/c1-2-6(9)3-5(8(12)13)4-7(10)11/h2,5H,1,3-4H2,(H,10,11)(H,12,13). The second kappa shape index (κ2) is 5.08. The zero-order chi connectivity index (χ0) is 10.4. The van der Waals surface area contributed by atoms with Crippen molar-refractivity contribution in [3.05, 3.63) is 12.7 Å². The summed E-state index contributed by atoms with van der Waals surface area (Å²) >= 11 is 0. The Morgan fingerprint density at radius 2 is 1.77 bits per heavy atom. The Bertz CT molecular complexity index is 243. The topological polar surface area (TPSA) is 91.7 Å². The normalized spacial score (nSPS) is 11.7. The van der Waals surface area contributed by atoms with E-state index in [1.807, 2.05) is 0 Å². The van der Waals surface area contributed by atoms with Crippen molar-refractivity contribution in [2.75, 3.05) is 0 Å². The van der Waals surface area contributed by atoms with Crippen LogP contribution in [-0.4, -0.2) is 27.9 Å². The fraction of sp³-hybridized carbons (Fsp3) is 0.375. The van der Waals surface area contributed by atoms with Crippen LogP contribution in [0.4, 0.5) is 0 Å². The van der Waals surface area contributed by atoms with E-state index in [9.17, 15) is 14.4 Å². The van der Waals surface area contributed by atoms with E-state index < -0.39 is 30.1 Å². The Morgan fingerprint density at radius 3 is 2.08 bits per heavy atom. The molecule has 5 heteroatoms. The Morgan fingerprint density at radius 1 is 1.23 bits per heavy atom. The van der Waals surface area contributed by atoms with E-state index in [-0.39, 0.29) is 6.42 Å². The van der Waals surface area contributed by atoms with Crippen LogP contribution in [0.5, 0.6) is 0 Å². The number of hydrogen-bond acceptors (Lipinski definition) is 3. The maximum Gasteiger partial charge on any atom is 0.307 e. The van der Waals surface area contributed by atoms with Crippen LogP contribution in [0.3, 0.4) is 0 Å². The first-order chi connectivity index (χ1) is 5.97. The molecule has 0 rings (SSSR count). The highest BCUT2D eigenvalue weighted by atomic mass is 16.4. The molecule has 0 saturated heterocycles. The van der Waals surface area contributed by atoms with E-state index in [1.54, 1.807) is 0 Å². The molecule has 0 heterocycles. The summed E-state index contributed by atoms with van der Waals surface area (Å²) in [6, 6.07) is 0. The molecule has 0 fully saturated rings. The van der Waals surface area contributed by atoms with Crippen molar-refractivity contribution >= 4 is 17.7 Å². The van der Waals surface area contributed by atoms with Crippen LogP contribution in [-0.2, 0) is 14.4 Å². The first kappa shape index (κ1) is 11.4. The molecule has 0 radical (unpaired) electrons. The summed E-state index contributed by atoms with van der Waals surface area (Å²) < 4.78 is 0. The Kier molecular flexibility index (Phi) is 4.43. The first-order valence-electron chi connectivity index (χ1n) is 3.57. The summed E-state index contributed by atoms with van der Waals surface area (Å²) in [5.74, 6) is -4.14. The predicted molar refractivity (Wildman–Crippen MR) is 43.2 cm³/mol. The Labute approximate surface area is 74.7 Å². The van der Waals surface area contributed by atoms with Crippen LogP contribution in [0.2, 0.25) is 0 Å². The van der Waals surface area contributed by atoms with E-state index >= 15 is 0 Å². The molecule has 0 aliphatic heterocycles. The number of carbonyl (C=O) groups excluding carboxylic acids is 1. The quantitative estimate of drug-likeness (QED) is 0.582. The average molecular weight is 186 g/mol. The lowest BCUT2D eigenvalue weighted by molar-refractivity contribution is -0.149. The lowest BCUT2D eigenvalue weighted by Gasteiger charge is -2.06. The van der Waals surface area contributed by atoms with Crippen LogP contribution in [0, 0.1) is 5.92 Å². The van der Waals surface area contributed by atoms with E-state index in [0.29, 0.717) is 0 Å². The van der Waals surface area contributed by atoms with Gasteiger partial charge in [0.1, 0.15) is 0 Å². The monoisotopic (exact) mass is 186 g/mol. The third-order valence-electron chi connectivity index (χ3n) is 1.45. The minimum atomic E-state index is -1.28. The Balaban J connectivity index is 4.26. The zero-order valence-corrected chi connectivity index (χ0v) is 6.90. The highest BCUT2D eigenvalue weighted by Gasteiger charge is 2.22. The summed E-state index contributed by atoms with van der Waals surface area (Å²) in [7, 11) is 0. The van der Waals surface area contributed by atoms with Gasteiger partial charge < -0.3 is 10.2 Å². The van der Waals surface area contributed by atoms with Gasteiger partial charge in [0.25, 0.3) is 0 Å². The number of hydrogen-bond donors (Lipinski definition) is 2. The SMILES string of the molecule is C=CC(=O)CC(CC(=O)O)C(=O)O. The molecule has 2 N–H and O–H groups in total.